The molecule has 0 saturated carbocycles. The Balaban J connectivity index is 0.000000363. The largest absolute Gasteiger partial charge is 0.512 e. The summed E-state index contributed by atoms with van der Waals surface area (Å²) in [5.74, 6) is 0.547. The Morgan fingerprint density at radius 2 is 1.45 bits per heavy atom. The predicted molar refractivity (Wildman–Crippen MR) is 184 cm³/mol. The molecular weight excluding hydrogens is 719 g/mol. The van der Waals surface area contributed by atoms with Crippen molar-refractivity contribution in [1.29, 1.82) is 0 Å². The van der Waals surface area contributed by atoms with E-state index in [4.69, 9.17) is 4.98 Å². The molecule has 0 atom stereocenters. The molecule has 1 heterocycles. The monoisotopic (exact) mass is 775 g/mol. The van der Waals surface area contributed by atoms with Gasteiger partial charge in [-0.3, -0.25) is 9.78 Å². The second kappa shape index (κ2) is 14.9. The minimum absolute atomic E-state index is 0. The molecule has 1 radical (unpaired) electrons. The number of rotatable bonds is 8. The quantitative estimate of drug-likeness (QED) is 0.141. The number of benzene rings is 2. The van der Waals surface area contributed by atoms with Gasteiger partial charge in [0, 0.05) is 49.9 Å². The average Bonchev–Trinajstić information content (AvgIpc) is 2.92. The van der Waals surface area contributed by atoms with Crippen molar-refractivity contribution in [2.45, 2.75) is 126 Å². The Kier molecular flexibility index (Phi) is 12.8. The van der Waals surface area contributed by atoms with Gasteiger partial charge in [-0.05, 0) is 65.5 Å². The third-order valence-corrected chi connectivity index (χ3v) is 10.1. The number of carbonyl (C=O) groups excluding carboxylic acids is 1. The molecule has 0 spiro atoms. The molecule has 1 N–H and O–H groups in total. The van der Waals surface area contributed by atoms with Crippen LogP contribution in [0.25, 0.3) is 22.0 Å². The minimum Gasteiger partial charge on any atom is -0.512 e. The Bertz CT molecular complexity index is 1470. The number of aryl methyl sites for hydroxylation is 1. The van der Waals surface area contributed by atoms with Gasteiger partial charge in [-0.15, -0.1) is 23.1 Å². The molecule has 0 bridgehead atoms. The third kappa shape index (κ3) is 7.56. The number of fused-ring (bicyclic) bond motifs is 4. The van der Waals surface area contributed by atoms with Crippen molar-refractivity contribution < 1.29 is 30.0 Å². The normalized spacial score (nSPS) is 15.3. The predicted octanol–water partition coefficient (Wildman–Crippen LogP) is 11.0. The summed E-state index contributed by atoms with van der Waals surface area (Å²) in [7, 11) is 0. The molecule has 0 saturated heterocycles. The number of nitrogens with zero attached hydrogens (tertiary/aromatic N) is 1. The molecule has 3 aromatic rings. The van der Waals surface area contributed by atoms with Crippen LogP contribution in [-0.2, 0) is 42.2 Å². The van der Waals surface area contributed by atoms with Gasteiger partial charge in [-0.2, -0.15) is 0 Å². The van der Waals surface area contributed by atoms with E-state index in [-0.39, 0.29) is 59.7 Å². The number of pyridine rings is 1. The molecule has 1 aromatic heterocycles. The Hall–Kier alpha value is -2.29. The molecule has 0 aliphatic heterocycles. The van der Waals surface area contributed by atoms with Crippen molar-refractivity contribution in [1.82, 2.24) is 4.98 Å². The van der Waals surface area contributed by atoms with E-state index >= 15 is 0 Å². The standard InChI is InChI=1S/C27H32N.C13H24O2.Ir/c1-17-20-12-10-9-11-18(20)15-21-22(17)26(5,6)27(7,8)23-19(16-25(2,3)4)13-14-28-24(21)23;1-5-10(6-2)12(14)9-13(15)11(7-3)8-4;/h9-14H,16H2,1-8H3;9-11,14H,5-8H2,1-4H3;/q-1;;/b;12-9-;. The number of aliphatic hydroxyl groups is 1. The zero-order valence-corrected chi connectivity index (χ0v) is 31.8. The van der Waals surface area contributed by atoms with Crippen molar-refractivity contribution in [3.8, 4) is 11.3 Å². The number of hydrogen-bond acceptors (Lipinski definition) is 3. The van der Waals surface area contributed by atoms with Crippen LogP contribution >= 0.6 is 0 Å². The van der Waals surface area contributed by atoms with E-state index in [1.165, 1.54) is 44.7 Å². The minimum atomic E-state index is -0.0226. The van der Waals surface area contributed by atoms with Crippen LogP contribution in [0.2, 0.25) is 0 Å². The van der Waals surface area contributed by atoms with E-state index in [9.17, 15) is 9.90 Å². The molecule has 2 aromatic carbocycles. The fourth-order valence-electron chi connectivity index (χ4n) is 6.91. The van der Waals surface area contributed by atoms with Crippen molar-refractivity contribution in [2.75, 3.05) is 0 Å². The molecule has 4 heteroatoms. The molecule has 3 nitrogen and oxygen atoms in total. The summed E-state index contributed by atoms with van der Waals surface area (Å²) in [5, 5.41) is 12.2. The van der Waals surface area contributed by atoms with E-state index in [1.807, 2.05) is 33.9 Å². The van der Waals surface area contributed by atoms with Crippen LogP contribution in [0.5, 0.6) is 0 Å². The van der Waals surface area contributed by atoms with Gasteiger partial charge in [0.1, 0.15) is 0 Å². The van der Waals surface area contributed by atoms with Crippen LogP contribution in [0.4, 0.5) is 0 Å². The average molecular weight is 775 g/mol. The summed E-state index contributed by atoms with van der Waals surface area (Å²) in [5.41, 5.74) is 8.15. The van der Waals surface area contributed by atoms with Gasteiger partial charge in [-0.1, -0.05) is 118 Å². The number of hydrogen-bond donors (Lipinski definition) is 1. The summed E-state index contributed by atoms with van der Waals surface area (Å²) in [6.07, 6.45) is 7.96. The first-order valence-corrected chi connectivity index (χ1v) is 16.4. The zero-order chi connectivity index (χ0) is 32.3. The van der Waals surface area contributed by atoms with Crippen LogP contribution < -0.4 is 0 Å². The van der Waals surface area contributed by atoms with Gasteiger partial charge in [0.05, 0.1) is 5.76 Å². The smallest absolute Gasteiger partial charge is 0.162 e. The Morgan fingerprint density at radius 3 is 2.00 bits per heavy atom. The van der Waals surface area contributed by atoms with Crippen LogP contribution in [-0.4, -0.2) is 15.9 Å². The van der Waals surface area contributed by atoms with Crippen molar-refractivity contribution in [2.24, 2.45) is 17.3 Å². The van der Waals surface area contributed by atoms with E-state index in [1.54, 1.807) is 0 Å². The first-order valence-electron chi connectivity index (χ1n) is 16.4. The molecule has 0 fully saturated rings. The number of aromatic nitrogens is 1. The van der Waals surface area contributed by atoms with Gasteiger partial charge in [-0.25, -0.2) is 0 Å². The summed E-state index contributed by atoms with van der Waals surface area (Å²) in [6, 6.07) is 14.6. The topological polar surface area (TPSA) is 50.2 Å². The maximum atomic E-state index is 11.7. The molecule has 0 amide bonds. The Morgan fingerprint density at radius 1 is 0.909 bits per heavy atom. The van der Waals surface area contributed by atoms with Crippen molar-refractivity contribution in [3.05, 3.63) is 76.7 Å². The first-order chi connectivity index (χ1) is 20.0. The number of carbonyl (C=O) groups is 1. The van der Waals surface area contributed by atoms with Gasteiger partial charge in [0.15, 0.2) is 5.78 Å². The number of allylic oxidation sites excluding steroid dienone is 2. The van der Waals surface area contributed by atoms with Crippen molar-refractivity contribution >= 4 is 16.6 Å². The Labute approximate surface area is 281 Å². The van der Waals surface area contributed by atoms with Crippen LogP contribution in [0.15, 0.2) is 48.4 Å². The van der Waals surface area contributed by atoms with Gasteiger partial charge >= 0.3 is 0 Å². The molecule has 243 valence electrons. The summed E-state index contributed by atoms with van der Waals surface area (Å²) < 4.78 is 0. The second-order valence-corrected chi connectivity index (χ2v) is 14.7. The fraction of sp³-hybridized carbons (Fsp3) is 0.550. The number of aliphatic hydroxyl groups excluding tert-OH is 1. The maximum Gasteiger partial charge on any atom is 0.162 e. The summed E-state index contributed by atoms with van der Waals surface area (Å²) in [4.78, 5) is 16.6. The van der Waals surface area contributed by atoms with Gasteiger partial charge in [0.25, 0.3) is 0 Å². The molecule has 1 aliphatic carbocycles. The van der Waals surface area contributed by atoms with Crippen molar-refractivity contribution in [3.63, 3.8) is 0 Å². The molecule has 1 aliphatic rings. The van der Waals surface area contributed by atoms with E-state index in [2.05, 4.69) is 91.8 Å². The molecular formula is C40H56IrNO2-. The SMILES string of the molecule is CCC(CC)C(=O)/C=C(\O)C(CC)CC.Cc1c2c([c-]c3ccccc13)-c1nccc(CC(C)(C)C)c1C(C)(C)C2(C)C.[Ir]. The summed E-state index contributed by atoms with van der Waals surface area (Å²) >= 11 is 0. The maximum absolute atomic E-state index is 11.7. The van der Waals surface area contributed by atoms with Crippen LogP contribution in [0.1, 0.15) is 124 Å². The third-order valence-electron chi connectivity index (χ3n) is 10.1. The molecule has 44 heavy (non-hydrogen) atoms. The zero-order valence-electron chi connectivity index (χ0n) is 29.4. The summed E-state index contributed by atoms with van der Waals surface area (Å²) in [6.45, 7) is 26.9. The van der Waals surface area contributed by atoms with E-state index < -0.39 is 0 Å². The van der Waals surface area contributed by atoms with E-state index in [0.717, 1.165) is 37.8 Å². The first kappa shape index (κ1) is 37.9. The van der Waals surface area contributed by atoms with Gasteiger partial charge in [0.2, 0.25) is 0 Å². The molecule has 0 unspecified atom stereocenters. The van der Waals surface area contributed by atoms with Crippen LogP contribution in [0.3, 0.4) is 0 Å². The van der Waals surface area contributed by atoms with Gasteiger partial charge < -0.3 is 5.11 Å². The second-order valence-electron chi connectivity index (χ2n) is 14.7. The fourth-order valence-corrected chi connectivity index (χ4v) is 6.91. The van der Waals surface area contributed by atoms with E-state index in [0.29, 0.717) is 0 Å². The number of ketones is 1. The van der Waals surface area contributed by atoms with Crippen LogP contribution in [0, 0.1) is 30.2 Å². The molecule has 4 rings (SSSR count).